The van der Waals surface area contributed by atoms with E-state index in [2.05, 4.69) is 10.6 Å². The lowest BCUT2D eigenvalue weighted by atomic mass is 10.3. The molecule has 0 spiro atoms. The van der Waals surface area contributed by atoms with E-state index in [1.807, 2.05) is 14.1 Å². The van der Waals surface area contributed by atoms with Gasteiger partial charge in [0, 0.05) is 26.4 Å². The first-order valence-electron chi connectivity index (χ1n) is 6.36. The Morgan fingerprint density at radius 3 is 1.38 bits per heavy atom. The van der Waals surface area contributed by atoms with E-state index in [4.69, 9.17) is 9.47 Å². The van der Waals surface area contributed by atoms with E-state index in [0.29, 0.717) is 0 Å². The minimum atomic E-state index is 0.865. The van der Waals surface area contributed by atoms with Crippen LogP contribution in [-0.2, 0) is 9.47 Å². The maximum atomic E-state index is 5.48. The highest BCUT2D eigenvalue weighted by Gasteiger charge is 1.91. The molecule has 0 aliphatic heterocycles. The van der Waals surface area contributed by atoms with Crippen molar-refractivity contribution in [1.82, 2.24) is 10.6 Å². The fraction of sp³-hybridized carbons (Fsp3) is 1.00. The van der Waals surface area contributed by atoms with Gasteiger partial charge in [-0.05, 0) is 52.9 Å². The van der Waals surface area contributed by atoms with E-state index in [9.17, 15) is 0 Å². The van der Waals surface area contributed by atoms with Crippen molar-refractivity contribution < 1.29 is 9.47 Å². The van der Waals surface area contributed by atoms with Crippen molar-refractivity contribution in [2.45, 2.75) is 25.7 Å². The van der Waals surface area contributed by atoms with Gasteiger partial charge in [0.1, 0.15) is 0 Å². The molecule has 0 aromatic rings. The number of ether oxygens (including phenoxy) is 2. The molecule has 0 fully saturated rings. The van der Waals surface area contributed by atoms with Crippen LogP contribution in [0.3, 0.4) is 0 Å². The van der Waals surface area contributed by atoms with E-state index in [0.717, 1.165) is 65.2 Å². The van der Waals surface area contributed by atoms with Crippen LogP contribution >= 0.6 is 0 Å². The first-order valence-corrected chi connectivity index (χ1v) is 6.36. The SMILES string of the molecule is CNCCCOCCCCOCCCNC. The maximum Gasteiger partial charge on any atom is 0.0478 e. The molecule has 0 radical (unpaired) electrons. The third-order valence-electron chi connectivity index (χ3n) is 2.26. The van der Waals surface area contributed by atoms with Gasteiger partial charge < -0.3 is 20.1 Å². The standard InChI is InChI=1S/C12H28N2O2/c1-13-7-5-11-15-9-3-4-10-16-12-6-8-14-2/h13-14H,3-12H2,1-2H3. The molecule has 0 rings (SSSR count). The summed E-state index contributed by atoms with van der Waals surface area (Å²) in [7, 11) is 3.93. The molecular weight excluding hydrogens is 204 g/mol. The highest BCUT2D eigenvalue weighted by atomic mass is 16.5. The monoisotopic (exact) mass is 232 g/mol. The van der Waals surface area contributed by atoms with Gasteiger partial charge in [0.05, 0.1) is 0 Å². The summed E-state index contributed by atoms with van der Waals surface area (Å²) in [5.41, 5.74) is 0. The Labute approximate surface area is 100 Å². The van der Waals surface area contributed by atoms with E-state index >= 15 is 0 Å². The van der Waals surface area contributed by atoms with E-state index in [1.54, 1.807) is 0 Å². The predicted molar refractivity (Wildman–Crippen MR) is 68.0 cm³/mol. The van der Waals surface area contributed by atoms with Gasteiger partial charge in [0.25, 0.3) is 0 Å². The maximum absolute atomic E-state index is 5.48. The van der Waals surface area contributed by atoms with Crippen LogP contribution in [0, 0.1) is 0 Å². The van der Waals surface area contributed by atoms with Crippen LogP contribution in [0.25, 0.3) is 0 Å². The van der Waals surface area contributed by atoms with Crippen molar-refractivity contribution in [3.63, 3.8) is 0 Å². The third kappa shape index (κ3) is 13.8. The normalized spacial score (nSPS) is 10.9. The van der Waals surface area contributed by atoms with Crippen molar-refractivity contribution in [3.05, 3.63) is 0 Å². The first kappa shape index (κ1) is 15.8. The van der Waals surface area contributed by atoms with Gasteiger partial charge in [0.2, 0.25) is 0 Å². The van der Waals surface area contributed by atoms with Crippen LogP contribution in [0.5, 0.6) is 0 Å². The van der Waals surface area contributed by atoms with Gasteiger partial charge in [-0.2, -0.15) is 0 Å². The fourth-order valence-electron chi connectivity index (χ4n) is 1.31. The molecule has 0 bridgehead atoms. The quantitative estimate of drug-likeness (QED) is 0.465. The minimum Gasteiger partial charge on any atom is -0.381 e. The third-order valence-corrected chi connectivity index (χ3v) is 2.26. The molecule has 4 heteroatoms. The van der Waals surface area contributed by atoms with Crippen LogP contribution < -0.4 is 10.6 Å². The Kier molecular flexibility index (Phi) is 14.7. The summed E-state index contributed by atoms with van der Waals surface area (Å²) in [5, 5.41) is 6.20. The van der Waals surface area contributed by atoms with Gasteiger partial charge in [-0.25, -0.2) is 0 Å². The van der Waals surface area contributed by atoms with E-state index in [-0.39, 0.29) is 0 Å². The van der Waals surface area contributed by atoms with Crippen molar-refractivity contribution in [3.8, 4) is 0 Å². The number of rotatable bonds is 13. The Morgan fingerprint density at radius 1 is 0.625 bits per heavy atom. The molecule has 0 atom stereocenters. The lowest BCUT2D eigenvalue weighted by molar-refractivity contribution is 0.101. The van der Waals surface area contributed by atoms with Crippen molar-refractivity contribution in [2.75, 3.05) is 53.6 Å². The lowest BCUT2D eigenvalue weighted by Crippen LogP contribution is -2.11. The molecule has 98 valence electrons. The molecule has 0 aliphatic rings. The molecule has 0 aromatic heterocycles. The van der Waals surface area contributed by atoms with Crippen LogP contribution in [0.15, 0.2) is 0 Å². The molecule has 0 heterocycles. The van der Waals surface area contributed by atoms with Gasteiger partial charge in [-0.3, -0.25) is 0 Å². The first-order chi connectivity index (χ1) is 7.91. The zero-order valence-electron chi connectivity index (χ0n) is 10.9. The molecule has 0 saturated carbocycles. The van der Waals surface area contributed by atoms with Crippen LogP contribution in [0.1, 0.15) is 25.7 Å². The molecule has 0 aromatic carbocycles. The topological polar surface area (TPSA) is 42.5 Å². The smallest absolute Gasteiger partial charge is 0.0478 e. The van der Waals surface area contributed by atoms with Gasteiger partial charge in [0.15, 0.2) is 0 Å². The second kappa shape index (κ2) is 14.8. The predicted octanol–water partition coefficient (Wildman–Crippen LogP) is 1.02. The van der Waals surface area contributed by atoms with Gasteiger partial charge >= 0.3 is 0 Å². The average Bonchev–Trinajstić information content (AvgIpc) is 2.31. The minimum absolute atomic E-state index is 0.865. The molecular formula is C12H28N2O2. The van der Waals surface area contributed by atoms with Crippen LogP contribution in [-0.4, -0.2) is 53.6 Å². The zero-order valence-corrected chi connectivity index (χ0v) is 10.9. The van der Waals surface area contributed by atoms with Gasteiger partial charge in [-0.15, -0.1) is 0 Å². The molecule has 0 saturated heterocycles. The zero-order chi connectivity index (χ0) is 11.9. The second-order valence-corrected chi connectivity index (χ2v) is 3.85. The van der Waals surface area contributed by atoms with Gasteiger partial charge in [-0.1, -0.05) is 0 Å². The summed E-state index contributed by atoms with van der Waals surface area (Å²) >= 11 is 0. The van der Waals surface area contributed by atoms with Crippen molar-refractivity contribution in [2.24, 2.45) is 0 Å². The lowest BCUT2D eigenvalue weighted by Gasteiger charge is -2.05. The largest absolute Gasteiger partial charge is 0.381 e. The number of hydrogen-bond acceptors (Lipinski definition) is 4. The van der Waals surface area contributed by atoms with Crippen molar-refractivity contribution in [1.29, 1.82) is 0 Å². The molecule has 2 N–H and O–H groups in total. The summed E-state index contributed by atoms with van der Waals surface area (Å²) in [6.45, 7) is 5.53. The summed E-state index contributed by atoms with van der Waals surface area (Å²) < 4.78 is 11.0. The van der Waals surface area contributed by atoms with Crippen LogP contribution in [0.4, 0.5) is 0 Å². The number of nitrogens with one attached hydrogen (secondary N) is 2. The Balaban J connectivity index is 2.83. The summed E-state index contributed by atoms with van der Waals surface area (Å²) in [5.74, 6) is 0. The van der Waals surface area contributed by atoms with Crippen LogP contribution in [0.2, 0.25) is 0 Å². The van der Waals surface area contributed by atoms with E-state index in [1.165, 1.54) is 0 Å². The molecule has 4 nitrogen and oxygen atoms in total. The van der Waals surface area contributed by atoms with E-state index < -0.39 is 0 Å². The highest BCUT2D eigenvalue weighted by Crippen LogP contribution is 1.93. The molecule has 0 amide bonds. The average molecular weight is 232 g/mol. The summed E-state index contributed by atoms with van der Waals surface area (Å²) in [6.07, 6.45) is 4.39. The second-order valence-electron chi connectivity index (χ2n) is 3.85. The number of unbranched alkanes of at least 4 members (excludes halogenated alkanes) is 1. The van der Waals surface area contributed by atoms with Crippen molar-refractivity contribution >= 4 is 0 Å². The number of hydrogen-bond donors (Lipinski definition) is 2. The summed E-state index contributed by atoms with van der Waals surface area (Å²) in [6, 6.07) is 0. The fourth-order valence-corrected chi connectivity index (χ4v) is 1.31. The summed E-state index contributed by atoms with van der Waals surface area (Å²) in [4.78, 5) is 0. The molecule has 16 heavy (non-hydrogen) atoms. The Morgan fingerprint density at radius 2 is 1.00 bits per heavy atom. The highest BCUT2D eigenvalue weighted by molar-refractivity contribution is 4.43. The molecule has 0 unspecified atom stereocenters. The molecule has 0 aliphatic carbocycles. The Bertz CT molecular complexity index is 110. The Hall–Kier alpha value is -0.160.